The highest BCUT2D eigenvalue weighted by atomic mass is 32.2. The number of aromatic amines is 1. The third kappa shape index (κ3) is 2.66. The standard InChI is InChI=1S/C16H16N2S/c1-2-10-19-13-7-5-6-12(11-13)16-17-14-8-3-4-9-15(14)18-16/h3-9,11H,2,10H2,1H3,(H,17,18). The summed E-state index contributed by atoms with van der Waals surface area (Å²) in [6, 6.07) is 16.7. The first-order chi connectivity index (χ1) is 9.36. The summed E-state index contributed by atoms with van der Waals surface area (Å²) in [6.45, 7) is 2.20. The molecule has 3 rings (SSSR count). The molecule has 0 fully saturated rings. The second-order valence-corrected chi connectivity index (χ2v) is 5.65. The Morgan fingerprint density at radius 2 is 2.00 bits per heavy atom. The van der Waals surface area contributed by atoms with Gasteiger partial charge in [0, 0.05) is 10.5 Å². The summed E-state index contributed by atoms with van der Waals surface area (Å²) >= 11 is 1.89. The summed E-state index contributed by atoms with van der Waals surface area (Å²) in [5.74, 6) is 2.10. The fraction of sp³-hybridized carbons (Fsp3) is 0.188. The molecule has 0 atom stereocenters. The molecule has 3 heteroatoms. The van der Waals surface area contributed by atoms with Crippen molar-refractivity contribution in [3.05, 3.63) is 48.5 Å². The van der Waals surface area contributed by atoms with Crippen molar-refractivity contribution in [2.24, 2.45) is 0 Å². The molecule has 0 amide bonds. The Bertz CT molecular complexity index is 655. The summed E-state index contributed by atoms with van der Waals surface area (Å²) in [6.07, 6.45) is 1.19. The van der Waals surface area contributed by atoms with E-state index in [1.54, 1.807) is 0 Å². The van der Waals surface area contributed by atoms with Crippen LogP contribution in [0.25, 0.3) is 22.4 Å². The van der Waals surface area contributed by atoms with Crippen molar-refractivity contribution in [2.45, 2.75) is 18.2 Å². The van der Waals surface area contributed by atoms with E-state index in [2.05, 4.69) is 47.2 Å². The Morgan fingerprint density at radius 1 is 1.11 bits per heavy atom. The Balaban J connectivity index is 1.96. The van der Waals surface area contributed by atoms with Crippen LogP contribution in [0.2, 0.25) is 0 Å². The number of hydrogen-bond acceptors (Lipinski definition) is 2. The molecule has 2 nitrogen and oxygen atoms in total. The molecular formula is C16H16N2S. The predicted molar refractivity (Wildman–Crippen MR) is 82.5 cm³/mol. The molecular weight excluding hydrogens is 252 g/mol. The third-order valence-electron chi connectivity index (χ3n) is 2.97. The molecule has 2 aromatic carbocycles. The smallest absolute Gasteiger partial charge is 0.138 e. The zero-order chi connectivity index (χ0) is 13.1. The highest BCUT2D eigenvalue weighted by Crippen LogP contribution is 2.25. The van der Waals surface area contributed by atoms with E-state index in [0.717, 1.165) is 28.2 Å². The van der Waals surface area contributed by atoms with Crippen LogP contribution < -0.4 is 0 Å². The van der Waals surface area contributed by atoms with Gasteiger partial charge in [0.15, 0.2) is 0 Å². The molecule has 19 heavy (non-hydrogen) atoms. The fourth-order valence-corrected chi connectivity index (χ4v) is 2.87. The highest BCUT2D eigenvalue weighted by molar-refractivity contribution is 7.99. The van der Waals surface area contributed by atoms with Gasteiger partial charge in [0.05, 0.1) is 11.0 Å². The van der Waals surface area contributed by atoms with Crippen molar-refractivity contribution in [2.75, 3.05) is 5.75 Å². The van der Waals surface area contributed by atoms with E-state index in [0.29, 0.717) is 0 Å². The Labute approximate surface area is 117 Å². The Hall–Kier alpha value is -1.74. The van der Waals surface area contributed by atoms with Crippen molar-refractivity contribution >= 4 is 22.8 Å². The van der Waals surface area contributed by atoms with E-state index in [-0.39, 0.29) is 0 Å². The first-order valence-corrected chi connectivity index (χ1v) is 7.53. The van der Waals surface area contributed by atoms with E-state index < -0.39 is 0 Å². The van der Waals surface area contributed by atoms with Crippen molar-refractivity contribution in [1.82, 2.24) is 9.97 Å². The maximum absolute atomic E-state index is 4.64. The predicted octanol–water partition coefficient (Wildman–Crippen LogP) is 4.73. The van der Waals surface area contributed by atoms with Gasteiger partial charge in [-0.05, 0) is 36.4 Å². The molecule has 1 aromatic heterocycles. The lowest BCUT2D eigenvalue weighted by Gasteiger charge is -2.02. The number of imidazole rings is 1. The van der Waals surface area contributed by atoms with E-state index >= 15 is 0 Å². The highest BCUT2D eigenvalue weighted by Gasteiger charge is 2.05. The van der Waals surface area contributed by atoms with Gasteiger partial charge in [0.1, 0.15) is 5.82 Å². The van der Waals surface area contributed by atoms with Gasteiger partial charge in [-0.1, -0.05) is 31.2 Å². The molecule has 0 saturated carbocycles. The molecule has 3 aromatic rings. The monoisotopic (exact) mass is 268 g/mol. The van der Waals surface area contributed by atoms with Crippen LogP contribution in [-0.2, 0) is 0 Å². The van der Waals surface area contributed by atoms with Gasteiger partial charge in [-0.15, -0.1) is 11.8 Å². The molecule has 0 spiro atoms. The summed E-state index contributed by atoms with van der Waals surface area (Å²) < 4.78 is 0. The number of rotatable bonds is 4. The average Bonchev–Trinajstić information content (AvgIpc) is 2.89. The van der Waals surface area contributed by atoms with Crippen molar-refractivity contribution in [1.29, 1.82) is 0 Å². The molecule has 0 aliphatic heterocycles. The first kappa shape index (κ1) is 12.3. The van der Waals surface area contributed by atoms with Crippen molar-refractivity contribution < 1.29 is 0 Å². The molecule has 0 saturated heterocycles. The topological polar surface area (TPSA) is 28.7 Å². The van der Waals surface area contributed by atoms with Gasteiger partial charge in [-0.2, -0.15) is 0 Å². The molecule has 0 aliphatic rings. The van der Waals surface area contributed by atoms with Crippen LogP contribution >= 0.6 is 11.8 Å². The van der Waals surface area contributed by atoms with E-state index in [1.807, 2.05) is 30.0 Å². The molecule has 1 N–H and O–H groups in total. The summed E-state index contributed by atoms with van der Waals surface area (Å²) in [4.78, 5) is 9.32. The number of benzene rings is 2. The summed E-state index contributed by atoms with van der Waals surface area (Å²) in [5, 5.41) is 0. The molecule has 0 unspecified atom stereocenters. The van der Waals surface area contributed by atoms with Gasteiger partial charge < -0.3 is 4.98 Å². The van der Waals surface area contributed by atoms with Crippen LogP contribution in [-0.4, -0.2) is 15.7 Å². The average molecular weight is 268 g/mol. The van der Waals surface area contributed by atoms with Gasteiger partial charge in [-0.3, -0.25) is 0 Å². The lowest BCUT2D eigenvalue weighted by molar-refractivity contribution is 1.10. The van der Waals surface area contributed by atoms with Crippen LogP contribution in [0, 0.1) is 0 Å². The minimum absolute atomic E-state index is 0.945. The number of nitrogens with one attached hydrogen (secondary N) is 1. The number of fused-ring (bicyclic) bond motifs is 1. The Morgan fingerprint density at radius 3 is 2.84 bits per heavy atom. The zero-order valence-corrected chi connectivity index (χ0v) is 11.7. The first-order valence-electron chi connectivity index (χ1n) is 6.55. The Kier molecular flexibility index (Phi) is 3.56. The van der Waals surface area contributed by atoms with Crippen LogP contribution in [0.3, 0.4) is 0 Å². The molecule has 0 bridgehead atoms. The van der Waals surface area contributed by atoms with Crippen LogP contribution in [0.1, 0.15) is 13.3 Å². The lowest BCUT2D eigenvalue weighted by Crippen LogP contribution is -1.82. The van der Waals surface area contributed by atoms with Crippen LogP contribution in [0.4, 0.5) is 0 Å². The van der Waals surface area contributed by atoms with Crippen LogP contribution in [0.5, 0.6) is 0 Å². The third-order valence-corrected chi connectivity index (χ3v) is 4.17. The van der Waals surface area contributed by atoms with E-state index in [1.165, 1.54) is 11.3 Å². The van der Waals surface area contributed by atoms with E-state index in [4.69, 9.17) is 0 Å². The fourth-order valence-electron chi connectivity index (χ4n) is 2.04. The summed E-state index contributed by atoms with van der Waals surface area (Å²) in [5.41, 5.74) is 3.26. The number of thioether (sulfide) groups is 1. The maximum atomic E-state index is 4.64. The number of hydrogen-bond donors (Lipinski definition) is 1. The summed E-state index contributed by atoms with van der Waals surface area (Å²) in [7, 11) is 0. The van der Waals surface area contributed by atoms with Crippen molar-refractivity contribution in [3.8, 4) is 11.4 Å². The van der Waals surface area contributed by atoms with Gasteiger partial charge >= 0.3 is 0 Å². The SMILES string of the molecule is CCCSc1cccc(-c2nc3ccccc3[nH]2)c1. The second-order valence-electron chi connectivity index (χ2n) is 4.48. The van der Waals surface area contributed by atoms with Crippen LogP contribution in [0.15, 0.2) is 53.4 Å². The minimum Gasteiger partial charge on any atom is -0.338 e. The number of nitrogens with zero attached hydrogens (tertiary/aromatic N) is 1. The van der Waals surface area contributed by atoms with E-state index in [9.17, 15) is 0 Å². The van der Waals surface area contributed by atoms with Crippen molar-refractivity contribution in [3.63, 3.8) is 0 Å². The number of H-pyrrole nitrogens is 1. The minimum atomic E-state index is 0.945. The molecule has 0 aliphatic carbocycles. The normalized spacial score (nSPS) is 11.0. The second kappa shape index (κ2) is 5.49. The van der Waals surface area contributed by atoms with Gasteiger partial charge in [-0.25, -0.2) is 4.98 Å². The maximum Gasteiger partial charge on any atom is 0.138 e. The molecule has 96 valence electrons. The molecule has 1 heterocycles. The lowest BCUT2D eigenvalue weighted by atomic mass is 10.2. The molecule has 0 radical (unpaired) electrons. The van der Waals surface area contributed by atoms with Gasteiger partial charge in [0.25, 0.3) is 0 Å². The zero-order valence-electron chi connectivity index (χ0n) is 10.9. The number of aromatic nitrogens is 2. The quantitative estimate of drug-likeness (QED) is 0.693. The number of para-hydroxylation sites is 2. The largest absolute Gasteiger partial charge is 0.338 e. The van der Waals surface area contributed by atoms with Gasteiger partial charge in [0.2, 0.25) is 0 Å².